The van der Waals surface area contributed by atoms with Crippen LogP contribution >= 0.6 is 11.3 Å². The Bertz CT molecular complexity index is 556. The highest BCUT2D eigenvalue weighted by atomic mass is 32.1. The Balaban J connectivity index is 1.90. The van der Waals surface area contributed by atoms with Crippen molar-refractivity contribution in [2.24, 2.45) is 5.92 Å². The van der Waals surface area contributed by atoms with Crippen molar-refractivity contribution in [3.63, 3.8) is 0 Å². The molecule has 0 saturated heterocycles. The van der Waals surface area contributed by atoms with Crippen LogP contribution in [0.1, 0.15) is 33.5 Å². The van der Waals surface area contributed by atoms with Gasteiger partial charge in [0.25, 0.3) is 5.91 Å². The van der Waals surface area contributed by atoms with E-state index in [1.54, 1.807) is 0 Å². The monoisotopic (exact) mass is 291 g/mol. The van der Waals surface area contributed by atoms with E-state index in [0.717, 1.165) is 19.3 Å². The van der Waals surface area contributed by atoms with Crippen LogP contribution in [0.5, 0.6) is 0 Å². The Kier molecular flexibility index (Phi) is 4.80. The Morgan fingerprint density at radius 3 is 3.15 bits per heavy atom. The molecular weight excluding hydrogens is 274 g/mol. The van der Waals surface area contributed by atoms with E-state index >= 15 is 0 Å². The van der Waals surface area contributed by atoms with Crippen molar-refractivity contribution in [2.75, 3.05) is 13.2 Å². The second kappa shape index (κ2) is 6.58. The molecule has 0 radical (unpaired) electrons. The second-order valence-electron chi connectivity index (χ2n) is 4.96. The lowest BCUT2D eigenvalue weighted by Crippen LogP contribution is -2.28. The number of esters is 1. The summed E-state index contributed by atoms with van der Waals surface area (Å²) >= 11 is 1.48. The third-order valence-corrected chi connectivity index (χ3v) is 4.47. The van der Waals surface area contributed by atoms with Gasteiger partial charge in [0.05, 0.1) is 6.54 Å². The van der Waals surface area contributed by atoms with Gasteiger partial charge in [-0.05, 0) is 36.8 Å². The zero-order valence-electron chi connectivity index (χ0n) is 11.4. The topological polar surface area (TPSA) is 55.4 Å². The zero-order chi connectivity index (χ0) is 14.5. The fourth-order valence-corrected chi connectivity index (χ4v) is 3.31. The van der Waals surface area contributed by atoms with E-state index in [9.17, 15) is 9.59 Å². The van der Waals surface area contributed by atoms with Crippen LogP contribution in [0.3, 0.4) is 0 Å². The van der Waals surface area contributed by atoms with Crippen molar-refractivity contribution in [1.82, 2.24) is 5.32 Å². The first kappa shape index (κ1) is 14.6. The minimum Gasteiger partial charge on any atom is -0.451 e. The summed E-state index contributed by atoms with van der Waals surface area (Å²) < 4.78 is 4.98. The molecule has 1 aromatic heterocycles. The normalized spacial score (nSPS) is 16.9. The van der Waals surface area contributed by atoms with Crippen molar-refractivity contribution in [1.29, 1.82) is 0 Å². The minimum absolute atomic E-state index is 0.140. The highest BCUT2D eigenvalue weighted by Gasteiger charge is 2.21. The first-order valence-corrected chi connectivity index (χ1v) is 7.40. The van der Waals surface area contributed by atoms with Gasteiger partial charge in [0.15, 0.2) is 6.61 Å². The molecule has 20 heavy (non-hydrogen) atoms. The maximum Gasteiger partial charge on any atom is 0.348 e. The fraction of sp³-hybridized carbons (Fsp3) is 0.467. The molecule has 0 saturated carbocycles. The molecule has 0 fully saturated rings. The highest BCUT2D eigenvalue weighted by molar-refractivity contribution is 7.14. The SMILES string of the molecule is C#CCNC(=O)COC(=O)c1cc2c(s1)CC[C@H](C)C2. The van der Waals surface area contributed by atoms with E-state index in [0.29, 0.717) is 10.8 Å². The second-order valence-corrected chi connectivity index (χ2v) is 6.10. The van der Waals surface area contributed by atoms with Gasteiger partial charge < -0.3 is 10.1 Å². The quantitative estimate of drug-likeness (QED) is 0.679. The van der Waals surface area contributed by atoms with E-state index in [1.807, 2.05) is 6.07 Å². The van der Waals surface area contributed by atoms with Crippen molar-refractivity contribution in [3.8, 4) is 12.3 Å². The predicted octanol–water partition coefficient (Wildman–Crippen LogP) is 1.78. The largest absolute Gasteiger partial charge is 0.451 e. The molecule has 2 rings (SSSR count). The predicted molar refractivity (Wildman–Crippen MR) is 77.6 cm³/mol. The zero-order valence-corrected chi connectivity index (χ0v) is 12.2. The van der Waals surface area contributed by atoms with Gasteiger partial charge in [0.2, 0.25) is 0 Å². The fourth-order valence-electron chi connectivity index (χ4n) is 2.21. The summed E-state index contributed by atoms with van der Waals surface area (Å²) in [6.45, 7) is 2.06. The molecule has 1 amide bonds. The number of ether oxygens (including phenoxy) is 1. The maximum atomic E-state index is 11.9. The van der Waals surface area contributed by atoms with Gasteiger partial charge in [0.1, 0.15) is 4.88 Å². The van der Waals surface area contributed by atoms with E-state index in [-0.39, 0.29) is 19.1 Å². The van der Waals surface area contributed by atoms with Gasteiger partial charge in [-0.2, -0.15) is 0 Å². The molecule has 1 heterocycles. The Labute approximate surface area is 122 Å². The summed E-state index contributed by atoms with van der Waals surface area (Å²) in [4.78, 5) is 25.0. The van der Waals surface area contributed by atoms with Crippen LogP contribution < -0.4 is 5.32 Å². The van der Waals surface area contributed by atoms with E-state index in [1.165, 1.54) is 21.8 Å². The van der Waals surface area contributed by atoms with Gasteiger partial charge in [-0.1, -0.05) is 12.8 Å². The molecular formula is C15H17NO3S. The average Bonchev–Trinajstić information content (AvgIpc) is 2.85. The van der Waals surface area contributed by atoms with Gasteiger partial charge in [-0.15, -0.1) is 17.8 Å². The van der Waals surface area contributed by atoms with Crippen molar-refractivity contribution < 1.29 is 14.3 Å². The summed E-state index contributed by atoms with van der Waals surface area (Å²) in [5.74, 6) is 2.13. The van der Waals surface area contributed by atoms with E-state index < -0.39 is 5.97 Å². The van der Waals surface area contributed by atoms with E-state index in [2.05, 4.69) is 18.2 Å². The lowest BCUT2D eigenvalue weighted by Gasteiger charge is -2.16. The number of terminal acetylenes is 1. The number of nitrogens with one attached hydrogen (secondary N) is 1. The first-order valence-electron chi connectivity index (χ1n) is 6.59. The number of hydrogen-bond acceptors (Lipinski definition) is 4. The van der Waals surface area contributed by atoms with Crippen molar-refractivity contribution >= 4 is 23.2 Å². The summed E-state index contributed by atoms with van der Waals surface area (Å²) in [5.41, 5.74) is 1.25. The third-order valence-electron chi connectivity index (χ3n) is 3.25. The molecule has 0 unspecified atom stereocenters. The molecule has 0 aromatic carbocycles. The smallest absolute Gasteiger partial charge is 0.348 e. The summed E-state index contributed by atoms with van der Waals surface area (Å²) in [5, 5.41) is 2.45. The molecule has 106 valence electrons. The van der Waals surface area contributed by atoms with Gasteiger partial charge in [0, 0.05) is 4.88 Å². The minimum atomic E-state index is -0.437. The van der Waals surface area contributed by atoms with Gasteiger partial charge >= 0.3 is 5.97 Å². The maximum absolute atomic E-state index is 11.9. The Morgan fingerprint density at radius 1 is 1.60 bits per heavy atom. The lowest BCUT2D eigenvalue weighted by atomic mass is 9.90. The number of thiophene rings is 1. The van der Waals surface area contributed by atoms with Crippen LogP contribution in [0, 0.1) is 18.3 Å². The molecule has 0 aliphatic heterocycles. The lowest BCUT2D eigenvalue weighted by molar-refractivity contribution is -0.123. The first-order chi connectivity index (χ1) is 9.60. The van der Waals surface area contributed by atoms with Crippen LogP contribution in [-0.4, -0.2) is 25.0 Å². The van der Waals surface area contributed by atoms with Gasteiger partial charge in [-0.3, -0.25) is 4.79 Å². The van der Waals surface area contributed by atoms with E-state index in [4.69, 9.17) is 11.2 Å². The van der Waals surface area contributed by atoms with Crippen molar-refractivity contribution in [3.05, 3.63) is 21.4 Å². The Morgan fingerprint density at radius 2 is 2.40 bits per heavy atom. The molecule has 1 atom stereocenters. The molecule has 4 nitrogen and oxygen atoms in total. The summed E-state index contributed by atoms with van der Waals surface area (Å²) in [6.07, 6.45) is 8.22. The van der Waals surface area contributed by atoms with Crippen LogP contribution in [-0.2, 0) is 22.4 Å². The molecule has 0 bridgehead atoms. The average molecular weight is 291 g/mol. The van der Waals surface area contributed by atoms with Crippen LogP contribution in [0.15, 0.2) is 6.07 Å². The number of carbonyl (C=O) groups is 2. The van der Waals surface area contributed by atoms with Crippen LogP contribution in [0.4, 0.5) is 0 Å². The molecule has 1 aliphatic carbocycles. The number of fused-ring (bicyclic) bond motifs is 1. The number of hydrogen-bond donors (Lipinski definition) is 1. The molecule has 5 heteroatoms. The number of amides is 1. The van der Waals surface area contributed by atoms with Crippen molar-refractivity contribution in [2.45, 2.75) is 26.2 Å². The standard InChI is InChI=1S/C15H17NO3S/c1-3-6-16-14(17)9-19-15(18)13-8-11-7-10(2)4-5-12(11)20-13/h1,8,10H,4-7,9H2,2H3,(H,16,17)/t10-/m0/s1. The number of carbonyl (C=O) groups excluding carboxylic acids is 2. The third kappa shape index (κ3) is 3.61. The van der Waals surface area contributed by atoms with Crippen LogP contribution in [0.2, 0.25) is 0 Å². The van der Waals surface area contributed by atoms with Crippen LogP contribution in [0.25, 0.3) is 0 Å². The molecule has 1 aliphatic rings. The number of aryl methyl sites for hydroxylation is 1. The molecule has 1 N–H and O–H groups in total. The van der Waals surface area contributed by atoms with Gasteiger partial charge in [-0.25, -0.2) is 4.79 Å². The summed E-state index contributed by atoms with van der Waals surface area (Å²) in [7, 11) is 0. The Hall–Kier alpha value is -1.80. The molecule has 0 spiro atoms. The summed E-state index contributed by atoms with van der Waals surface area (Å²) in [6, 6.07) is 1.90. The highest BCUT2D eigenvalue weighted by Crippen LogP contribution is 2.32. The number of rotatable bonds is 4. The molecule has 1 aromatic rings.